The first-order valence-electron chi connectivity index (χ1n) is 8.39. The number of rotatable bonds is 6. The van der Waals surface area contributed by atoms with Crippen LogP contribution in [0, 0.1) is 13.8 Å². The lowest BCUT2D eigenvalue weighted by atomic mass is 10.2. The minimum absolute atomic E-state index is 0.0861. The Morgan fingerprint density at radius 1 is 1.32 bits per heavy atom. The Morgan fingerprint density at radius 2 is 2.16 bits per heavy atom. The molecule has 0 unspecified atom stereocenters. The lowest BCUT2D eigenvalue weighted by Crippen LogP contribution is -2.38. The Hall–Kier alpha value is -2.42. The summed E-state index contributed by atoms with van der Waals surface area (Å²) in [5.41, 5.74) is 1.72. The third-order valence-corrected chi connectivity index (χ3v) is 4.24. The predicted octanol–water partition coefficient (Wildman–Crippen LogP) is 1.91. The smallest absolute Gasteiger partial charge is 0.317 e. The SMILES string of the molecule is Cc1noc(C)c1CN(C)C(=O)NCCc1noc([C@@H]2CCCO2)n1. The van der Waals surface area contributed by atoms with Gasteiger partial charge in [0.15, 0.2) is 5.82 Å². The molecule has 0 radical (unpaired) electrons. The third-order valence-electron chi connectivity index (χ3n) is 4.24. The molecular formula is C16H23N5O4. The molecule has 0 saturated carbocycles. The molecule has 0 bridgehead atoms. The van der Waals surface area contributed by atoms with Gasteiger partial charge in [-0.1, -0.05) is 10.3 Å². The van der Waals surface area contributed by atoms with Gasteiger partial charge in [-0.05, 0) is 26.7 Å². The summed E-state index contributed by atoms with van der Waals surface area (Å²) in [5.74, 6) is 1.82. The first kappa shape index (κ1) is 17.4. The summed E-state index contributed by atoms with van der Waals surface area (Å²) in [7, 11) is 1.73. The number of carbonyl (C=O) groups is 1. The van der Waals surface area contributed by atoms with E-state index in [9.17, 15) is 4.79 Å². The van der Waals surface area contributed by atoms with Crippen LogP contribution in [-0.2, 0) is 17.7 Å². The summed E-state index contributed by atoms with van der Waals surface area (Å²) in [6.45, 7) is 5.30. The average molecular weight is 349 g/mol. The predicted molar refractivity (Wildman–Crippen MR) is 86.8 cm³/mol. The van der Waals surface area contributed by atoms with E-state index < -0.39 is 0 Å². The number of nitrogens with one attached hydrogen (secondary N) is 1. The molecule has 136 valence electrons. The van der Waals surface area contributed by atoms with Crippen LogP contribution in [0.15, 0.2) is 9.05 Å². The zero-order valence-corrected chi connectivity index (χ0v) is 14.7. The highest BCUT2D eigenvalue weighted by atomic mass is 16.5. The second-order valence-corrected chi connectivity index (χ2v) is 6.19. The standard InChI is InChI=1S/C16H23N5O4/c1-10-12(11(2)24-19-10)9-21(3)16(22)17-7-6-14-18-15(25-20-14)13-5-4-8-23-13/h13H,4-9H2,1-3H3,(H,17,22)/t13-/m0/s1. The Balaban J connectivity index is 1.44. The molecule has 2 aromatic heterocycles. The van der Waals surface area contributed by atoms with Crippen LogP contribution in [0.25, 0.3) is 0 Å². The number of carbonyl (C=O) groups excluding carboxylic acids is 1. The topological polar surface area (TPSA) is 107 Å². The molecule has 9 nitrogen and oxygen atoms in total. The van der Waals surface area contributed by atoms with Crippen LogP contribution in [0.1, 0.15) is 47.7 Å². The van der Waals surface area contributed by atoms with Crippen LogP contribution in [0.3, 0.4) is 0 Å². The first-order chi connectivity index (χ1) is 12.0. The number of amides is 2. The van der Waals surface area contributed by atoms with Crippen molar-refractivity contribution in [2.45, 2.75) is 45.8 Å². The second kappa shape index (κ2) is 7.64. The van der Waals surface area contributed by atoms with E-state index in [0.717, 1.165) is 36.5 Å². The van der Waals surface area contributed by atoms with Gasteiger partial charge in [0.1, 0.15) is 11.9 Å². The van der Waals surface area contributed by atoms with E-state index in [1.807, 2.05) is 13.8 Å². The number of aryl methyl sites for hydroxylation is 2. The van der Waals surface area contributed by atoms with Crippen molar-refractivity contribution in [2.75, 3.05) is 20.2 Å². The molecule has 1 aliphatic heterocycles. The van der Waals surface area contributed by atoms with Crippen LogP contribution in [-0.4, -0.2) is 46.4 Å². The fourth-order valence-electron chi connectivity index (χ4n) is 2.73. The van der Waals surface area contributed by atoms with Crippen LogP contribution in [0.5, 0.6) is 0 Å². The van der Waals surface area contributed by atoms with E-state index in [-0.39, 0.29) is 12.1 Å². The summed E-state index contributed by atoms with van der Waals surface area (Å²) in [4.78, 5) is 18.1. The van der Waals surface area contributed by atoms with E-state index in [4.69, 9.17) is 13.8 Å². The van der Waals surface area contributed by atoms with Crippen molar-refractivity contribution in [1.82, 2.24) is 25.5 Å². The summed E-state index contributed by atoms with van der Waals surface area (Å²) in [6.07, 6.45) is 2.33. The van der Waals surface area contributed by atoms with E-state index in [1.165, 1.54) is 0 Å². The highest BCUT2D eigenvalue weighted by molar-refractivity contribution is 5.73. The molecule has 1 atom stereocenters. The largest absolute Gasteiger partial charge is 0.368 e. The number of urea groups is 1. The Bertz CT molecular complexity index is 700. The van der Waals surface area contributed by atoms with E-state index >= 15 is 0 Å². The molecule has 0 spiro atoms. The fourth-order valence-corrected chi connectivity index (χ4v) is 2.73. The van der Waals surface area contributed by atoms with Crippen LogP contribution < -0.4 is 5.32 Å². The quantitative estimate of drug-likeness (QED) is 0.849. The molecule has 0 aliphatic carbocycles. The lowest BCUT2D eigenvalue weighted by molar-refractivity contribution is 0.0835. The second-order valence-electron chi connectivity index (χ2n) is 6.19. The van der Waals surface area contributed by atoms with E-state index in [2.05, 4.69) is 20.6 Å². The normalized spacial score (nSPS) is 17.0. The van der Waals surface area contributed by atoms with Gasteiger partial charge in [0.25, 0.3) is 5.89 Å². The van der Waals surface area contributed by atoms with Gasteiger partial charge in [-0.25, -0.2) is 4.79 Å². The van der Waals surface area contributed by atoms with Gasteiger partial charge in [-0.15, -0.1) is 0 Å². The molecule has 1 saturated heterocycles. The molecule has 25 heavy (non-hydrogen) atoms. The fraction of sp³-hybridized carbons (Fsp3) is 0.625. The van der Waals surface area contributed by atoms with Crippen molar-refractivity contribution in [2.24, 2.45) is 0 Å². The van der Waals surface area contributed by atoms with Crippen molar-refractivity contribution in [3.05, 3.63) is 28.7 Å². The van der Waals surface area contributed by atoms with Crippen molar-refractivity contribution >= 4 is 6.03 Å². The highest BCUT2D eigenvalue weighted by Crippen LogP contribution is 2.26. The van der Waals surface area contributed by atoms with Crippen molar-refractivity contribution in [3.8, 4) is 0 Å². The molecule has 1 aliphatic rings. The molecule has 1 fully saturated rings. The van der Waals surface area contributed by atoms with Crippen LogP contribution >= 0.6 is 0 Å². The summed E-state index contributed by atoms with van der Waals surface area (Å²) >= 11 is 0. The molecule has 0 aromatic carbocycles. The molecule has 3 heterocycles. The van der Waals surface area contributed by atoms with E-state index in [1.54, 1.807) is 11.9 Å². The third kappa shape index (κ3) is 4.16. The molecular weight excluding hydrogens is 326 g/mol. The lowest BCUT2D eigenvalue weighted by Gasteiger charge is -2.17. The maximum Gasteiger partial charge on any atom is 0.317 e. The molecule has 3 rings (SSSR count). The first-order valence-corrected chi connectivity index (χ1v) is 8.39. The number of ether oxygens (including phenoxy) is 1. The van der Waals surface area contributed by atoms with Gasteiger partial charge in [-0.2, -0.15) is 4.98 Å². The van der Waals surface area contributed by atoms with Gasteiger partial charge in [0.05, 0.1) is 12.2 Å². The van der Waals surface area contributed by atoms with Crippen molar-refractivity contribution < 1.29 is 18.6 Å². The van der Waals surface area contributed by atoms with Gasteiger partial charge >= 0.3 is 6.03 Å². The van der Waals surface area contributed by atoms with Crippen LogP contribution in [0.4, 0.5) is 4.79 Å². The minimum Gasteiger partial charge on any atom is -0.368 e. The number of nitrogens with zero attached hydrogens (tertiary/aromatic N) is 4. The van der Waals surface area contributed by atoms with Crippen molar-refractivity contribution in [3.63, 3.8) is 0 Å². The molecule has 1 N–H and O–H groups in total. The number of hydrogen-bond acceptors (Lipinski definition) is 7. The Kier molecular flexibility index (Phi) is 5.32. The highest BCUT2D eigenvalue weighted by Gasteiger charge is 2.23. The molecule has 9 heteroatoms. The van der Waals surface area contributed by atoms with Crippen molar-refractivity contribution in [1.29, 1.82) is 0 Å². The maximum absolute atomic E-state index is 12.2. The van der Waals surface area contributed by atoms with Gasteiger partial charge in [0.2, 0.25) is 0 Å². The summed E-state index contributed by atoms with van der Waals surface area (Å²) in [6, 6.07) is -0.178. The van der Waals surface area contributed by atoms with E-state index in [0.29, 0.717) is 31.2 Å². The average Bonchev–Trinajstić information content (AvgIpc) is 3.32. The summed E-state index contributed by atoms with van der Waals surface area (Å²) in [5, 5.41) is 10.7. The zero-order valence-electron chi connectivity index (χ0n) is 14.7. The van der Waals surface area contributed by atoms with Gasteiger partial charge in [0, 0.05) is 32.2 Å². The molecule has 2 amide bonds. The minimum atomic E-state index is -0.178. The number of aromatic nitrogens is 3. The molecule has 2 aromatic rings. The zero-order chi connectivity index (χ0) is 17.8. The van der Waals surface area contributed by atoms with Gasteiger partial charge in [-0.3, -0.25) is 0 Å². The van der Waals surface area contributed by atoms with Crippen LogP contribution in [0.2, 0.25) is 0 Å². The number of hydrogen-bond donors (Lipinski definition) is 1. The Labute approximate surface area is 145 Å². The Morgan fingerprint density at radius 3 is 2.84 bits per heavy atom. The summed E-state index contributed by atoms with van der Waals surface area (Å²) < 4.78 is 15.8. The van der Waals surface area contributed by atoms with Gasteiger partial charge < -0.3 is 24.0 Å². The maximum atomic E-state index is 12.2. The monoisotopic (exact) mass is 349 g/mol.